The number of carbonyl (C=O) groups excluding carboxylic acids is 1. The number of anilines is 2. The van der Waals surface area contributed by atoms with E-state index in [0.29, 0.717) is 35.8 Å². The third kappa shape index (κ3) is 3.51. The van der Waals surface area contributed by atoms with Crippen molar-refractivity contribution in [3.8, 4) is 11.3 Å². The van der Waals surface area contributed by atoms with E-state index in [2.05, 4.69) is 20.3 Å². The van der Waals surface area contributed by atoms with Gasteiger partial charge in [0.2, 0.25) is 15.9 Å². The van der Waals surface area contributed by atoms with Crippen LogP contribution in [0.1, 0.15) is 5.56 Å². The molecule has 3 atom stereocenters. The SMILES string of the molecule is Cc1ccncc1-c1cc2cc(NC(=O)[C@H]3[C@@H]4CN(S(C)(=O)=O)C[C@@H]43)ncc2c(N)n1. The number of hydrogen-bond acceptors (Lipinski definition) is 7. The van der Waals surface area contributed by atoms with Crippen LogP contribution < -0.4 is 11.1 Å². The number of hydrogen-bond donors (Lipinski definition) is 2. The molecule has 9 nitrogen and oxygen atoms in total. The summed E-state index contributed by atoms with van der Waals surface area (Å²) in [4.78, 5) is 25.7. The predicted octanol–water partition coefficient (Wildman–Crippen LogP) is 1.66. The first-order chi connectivity index (χ1) is 14.7. The van der Waals surface area contributed by atoms with Crippen molar-refractivity contribution in [2.45, 2.75) is 6.92 Å². The maximum Gasteiger partial charge on any atom is 0.229 e. The van der Waals surface area contributed by atoms with Crippen molar-refractivity contribution in [3.63, 3.8) is 0 Å². The summed E-state index contributed by atoms with van der Waals surface area (Å²) in [6.07, 6.45) is 6.28. The van der Waals surface area contributed by atoms with E-state index in [1.165, 1.54) is 10.6 Å². The van der Waals surface area contributed by atoms with Crippen LogP contribution in [0.15, 0.2) is 36.8 Å². The van der Waals surface area contributed by atoms with Gasteiger partial charge in [-0.3, -0.25) is 9.78 Å². The number of sulfonamides is 1. The van der Waals surface area contributed by atoms with Crippen LogP contribution in [-0.2, 0) is 14.8 Å². The minimum Gasteiger partial charge on any atom is -0.383 e. The Hall–Kier alpha value is -3.11. The lowest BCUT2D eigenvalue weighted by Crippen LogP contribution is -2.32. The van der Waals surface area contributed by atoms with Gasteiger partial charge in [0.1, 0.15) is 11.6 Å². The van der Waals surface area contributed by atoms with E-state index in [9.17, 15) is 13.2 Å². The second-order valence-electron chi connectivity index (χ2n) is 8.30. The molecule has 1 saturated heterocycles. The van der Waals surface area contributed by atoms with Gasteiger partial charge in [-0.2, -0.15) is 0 Å². The highest BCUT2D eigenvalue weighted by Gasteiger charge is 2.60. The van der Waals surface area contributed by atoms with Gasteiger partial charge in [-0.15, -0.1) is 0 Å². The van der Waals surface area contributed by atoms with E-state index in [0.717, 1.165) is 16.5 Å². The number of nitrogens with zero attached hydrogens (tertiary/aromatic N) is 4. The summed E-state index contributed by atoms with van der Waals surface area (Å²) < 4.78 is 24.8. The standard InChI is InChI=1S/C21H22N6O3S/c1-11-3-4-23-7-13(11)17-5-12-6-18(24-8-14(12)20(22)25-17)26-21(28)19-15-9-27(10-16(15)19)31(2,29)30/h3-8,15-16,19H,9-10H2,1-2H3,(H2,22,25)(H,24,26,28)/t15-,16+,19+. The summed E-state index contributed by atoms with van der Waals surface area (Å²) in [5.74, 6) is 0.651. The average Bonchev–Trinajstić information content (AvgIpc) is 3.20. The molecule has 5 rings (SSSR count). The second-order valence-corrected chi connectivity index (χ2v) is 10.3. The Balaban J connectivity index is 1.37. The van der Waals surface area contributed by atoms with Crippen molar-refractivity contribution < 1.29 is 13.2 Å². The number of aryl methyl sites for hydroxylation is 1. The van der Waals surface area contributed by atoms with Crippen LogP contribution in [0.2, 0.25) is 0 Å². The van der Waals surface area contributed by atoms with E-state index < -0.39 is 10.0 Å². The Morgan fingerprint density at radius 1 is 1.23 bits per heavy atom. The summed E-state index contributed by atoms with van der Waals surface area (Å²) in [5.41, 5.74) is 8.78. The molecule has 160 valence electrons. The number of fused-ring (bicyclic) bond motifs is 2. The molecular formula is C21H22N6O3S. The van der Waals surface area contributed by atoms with Crippen molar-refractivity contribution in [3.05, 3.63) is 42.4 Å². The summed E-state index contributed by atoms with van der Waals surface area (Å²) in [6.45, 7) is 2.79. The lowest BCUT2D eigenvalue weighted by Gasteiger charge is -2.16. The summed E-state index contributed by atoms with van der Waals surface area (Å²) in [7, 11) is -3.20. The largest absolute Gasteiger partial charge is 0.383 e. The third-order valence-corrected chi connectivity index (χ3v) is 7.48. The number of pyridine rings is 3. The van der Waals surface area contributed by atoms with Crippen LogP contribution >= 0.6 is 0 Å². The summed E-state index contributed by atoms with van der Waals surface area (Å²) in [5, 5.41) is 4.40. The van der Waals surface area contributed by atoms with Crippen molar-refractivity contribution in [2.24, 2.45) is 17.8 Å². The lowest BCUT2D eigenvalue weighted by atomic mass is 10.1. The minimum absolute atomic E-state index is 0.0789. The fourth-order valence-electron chi connectivity index (χ4n) is 4.47. The van der Waals surface area contributed by atoms with Crippen molar-refractivity contribution in [1.29, 1.82) is 0 Å². The zero-order chi connectivity index (χ0) is 21.9. The summed E-state index contributed by atoms with van der Waals surface area (Å²) >= 11 is 0. The van der Waals surface area contributed by atoms with Crippen molar-refractivity contribution in [1.82, 2.24) is 19.3 Å². The molecule has 3 aromatic rings. The van der Waals surface area contributed by atoms with Gasteiger partial charge in [-0.05, 0) is 47.9 Å². The number of carbonyl (C=O) groups is 1. The Labute approximate surface area is 179 Å². The van der Waals surface area contributed by atoms with Crippen molar-refractivity contribution in [2.75, 3.05) is 30.4 Å². The highest BCUT2D eigenvalue weighted by molar-refractivity contribution is 7.88. The second kappa shape index (κ2) is 6.96. The van der Waals surface area contributed by atoms with Crippen LogP contribution in [-0.4, -0.2) is 52.9 Å². The molecule has 4 heterocycles. The third-order valence-electron chi connectivity index (χ3n) is 6.24. The first-order valence-electron chi connectivity index (χ1n) is 9.95. The van der Waals surface area contributed by atoms with Gasteiger partial charge in [0.25, 0.3) is 0 Å². The van der Waals surface area contributed by atoms with E-state index in [4.69, 9.17) is 5.73 Å². The van der Waals surface area contributed by atoms with Crippen LogP contribution in [0.4, 0.5) is 11.6 Å². The molecule has 0 unspecified atom stereocenters. The number of aromatic nitrogens is 3. The molecule has 0 bridgehead atoms. The predicted molar refractivity (Wildman–Crippen MR) is 117 cm³/mol. The van der Waals surface area contributed by atoms with E-state index >= 15 is 0 Å². The molecule has 31 heavy (non-hydrogen) atoms. The fraction of sp³-hybridized carbons (Fsp3) is 0.333. The van der Waals surface area contributed by atoms with E-state index in [1.807, 2.05) is 19.1 Å². The first kappa shape index (κ1) is 19.8. The van der Waals surface area contributed by atoms with E-state index in [-0.39, 0.29) is 23.7 Å². The molecule has 3 aromatic heterocycles. The Bertz CT molecular complexity index is 1310. The quantitative estimate of drug-likeness (QED) is 0.633. The monoisotopic (exact) mass is 438 g/mol. The number of nitrogen functional groups attached to an aromatic ring is 1. The van der Waals surface area contributed by atoms with Gasteiger partial charge in [0, 0.05) is 48.5 Å². The smallest absolute Gasteiger partial charge is 0.229 e. The average molecular weight is 439 g/mol. The molecule has 1 amide bonds. The molecule has 0 spiro atoms. The zero-order valence-electron chi connectivity index (χ0n) is 17.1. The molecule has 10 heteroatoms. The van der Waals surface area contributed by atoms with Gasteiger partial charge in [-0.1, -0.05) is 0 Å². The highest BCUT2D eigenvalue weighted by Crippen LogP contribution is 2.52. The highest BCUT2D eigenvalue weighted by atomic mass is 32.2. The molecule has 0 aromatic carbocycles. The fourth-order valence-corrected chi connectivity index (χ4v) is 5.36. The van der Waals surface area contributed by atoms with Gasteiger partial charge in [-0.25, -0.2) is 22.7 Å². The Kier molecular flexibility index (Phi) is 4.45. The van der Waals surface area contributed by atoms with Crippen molar-refractivity contribution >= 4 is 38.3 Å². The number of amides is 1. The first-order valence-corrected chi connectivity index (χ1v) is 11.8. The normalized spacial score (nSPS) is 23.0. The van der Waals surface area contributed by atoms with Gasteiger partial charge >= 0.3 is 0 Å². The van der Waals surface area contributed by atoms with Gasteiger partial charge in [0.05, 0.1) is 11.9 Å². The number of nitrogens with one attached hydrogen (secondary N) is 1. The lowest BCUT2D eigenvalue weighted by molar-refractivity contribution is -0.118. The molecule has 2 fully saturated rings. The topological polar surface area (TPSA) is 131 Å². The van der Waals surface area contributed by atoms with Gasteiger partial charge < -0.3 is 11.1 Å². The molecule has 3 N–H and O–H groups in total. The Morgan fingerprint density at radius 2 is 1.97 bits per heavy atom. The van der Waals surface area contributed by atoms with Gasteiger partial charge in [0.15, 0.2) is 0 Å². The minimum atomic E-state index is -3.20. The maximum atomic E-state index is 12.7. The molecule has 2 aliphatic rings. The zero-order valence-corrected chi connectivity index (χ0v) is 17.9. The van der Waals surface area contributed by atoms with Crippen LogP contribution in [0.3, 0.4) is 0 Å². The molecule has 1 aliphatic heterocycles. The van der Waals surface area contributed by atoms with Crippen LogP contribution in [0.25, 0.3) is 22.0 Å². The number of rotatable bonds is 4. The molecule has 1 saturated carbocycles. The molecular weight excluding hydrogens is 416 g/mol. The van der Waals surface area contributed by atoms with Crippen LogP contribution in [0, 0.1) is 24.7 Å². The molecule has 1 aliphatic carbocycles. The van der Waals surface area contributed by atoms with Crippen LogP contribution in [0.5, 0.6) is 0 Å². The maximum absolute atomic E-state index is 12.7. The number of piperidine rings is 1. The van der Waals surface area contributed by atoms with E-state index in [1.54, 1.807) is 24.7 Å². The molecule has 0 radical (unpaired) electrons. The number of nitrogens with two attached hydrogens (primary N) is 1. The summed E-state index contributed by atoms with van der Waals surface area (Å²) in [6, 6.07) is 5.59. The Morgan fingerprint density at radius 3 is 2.65 bits per heavy atom.